The third kappa shape index (κ3) is 6.38. The van der Waals surface area contributed by atoms with Gasteiger partial charge in [-0.3, -0.25) is 9.59 Å². The van der Waals surface area contributed by atoms with Gasteiger partial charge in [-0.2, -0.15) is 4.31 Å². The monoisotopic (exact) mass is 419 g/mol. The van der Waals surface area contributed by atoms with Crippen LogP contribution in [0.3, 0.4) is 0 Å². The molecular weight excluding hydrogens is 394 g/mol. The topological polar surface area (TPSA) is 105 Å². The van der Waals surface area contributed by atoms with E-state index < -0.39 is 15.9 Å². The van der Waals surface area contributed by atoms with E-state index >= 15 is 0 Å². The van der Waals surface area contributed by atoms with Crippen molar-refractivity contribution < 1.29 is 22.7 Å². The van der Waals surface area contributed by atoms with Crippen molar-refractivity contribution >= 4 is 27.5 Å². The highest BCUT2D eigenvalue weighted by molar-refractivity contribution is 7.89. The fourth-order valence-electron chi connectivity index (χ4n) is 2.55. The van der Waals surface area contributed by atoms with Crippen LogP contribution in [0.4, 0.5) is 5.69 Å². The van der Waals surface area contributed by atoms with Crippen LogP contribution in [-0.2, 0) is 19.6 Å². The minimum atomic E-state index is -3.79. The number of benzene rings is 2. The molecule has 0 saturated carbocycles. The number of rotatable bonds is 10. The molecule has 0 saturated heterocycles. The normalized spacial score (nSPS) is 11.3. The van der Waals surface area contributed by atoms with Gasteiger partial charge in [0.2, 0.25) is 15.9 Å². The minimum Gasteiger partial charge on any atom is -0.385 e. The highest BCUT2D eigenvalue weighted by Crippen LogP contribution is 2.16. The number of methoxy groups -OCH3 is 1. The van der Waals surface area contributed by atoms with Gasteiger partial charge in [-0.1, -0.05) is 30.3 Å². The van der Waals surface area contributed by atoms with Gasteiger partial charge in [0.05, 0.1) is 22.7 Å². The number of carbonyl (C=O) groups excluding carboxylic acids is 2. The molecule has 0 aliphatic rings. The molecule has 29 heavy (non-hydrogen) atoms. The van der Waals surface area contributed by atoms with E-state index in [2.05, 4.69) is 10.6 Å². The first-order valence-corrected chi connectivity index (χ1v) is 10.5. The van der Waals surface area contributed by atoms with Crippen molar-refractivity contribution in [1.29, 1.82) is 0 Å². The molecule has 156 valence electrons. The predicted octanol–water partition coefficient (Wildman–Crippen LogP) is 1.71. The molecule has 2 N–H and O–H groups in total. The van der Waals surface area contributed by atoms with E-state index in [0.29, 0.717) is 30.8 Å². The number of carbonyl (C=O) groups is 2. The molecule has 9 heteroatoms. The molecule has 2 amide bonds. The number of para-hydroxylation sites is 1. The second kappa shape index (κ2) is 10.7. The summed E-state index contributed by atoms with van der Waals surface area (Å²) >= 11 is 0. The second-order valence-electron chi connectivity index (χ2n) is 6.27. The molecule has 0 unspecified atom stereocenters. The van der Waals surface area contributed by atoms with Crippen LogP contribution < -0.4 is 10.6 Å². The van der Waals surface area contributed by atoms with Crippen molar-refractivity contribution in [3.8, 4) is 0 Å². The Labute approximate surface area is 170 Å². The molecule has 0 radical (unpaired) electrons. The number of anilines is 1. The highest BCUT2D eigenvalue weighted by atomic mass is 32.2. The molecule has 0 fully saturated rings. The van der Waals surface area contributed by atoms with E-state index in [1.165, 1.54) is 19.2 Å². The Morgan fingerprint density at radius 1 is 1.03 bits per heavy atom. The van der Waals surface area contributed by atoms with Crippen LogP contribution in [0.25, 0.3) is 0 Å². The lowest BCUT2D eigenvalue weighted by atomic mass is 10.1. The maximum Gasteiger partial charge on any atom is 0.253 e. The quantitative estimate of drug-likeness (QED) is 0.571. The molecule has 0 bridgehead atoms. The number of amides is 2. The Balaban J connectivity index is 2.03. The number of nitrogens with zero attached hydrogens (tertiary/aromatic N) is 1. The van der Waals surface area contributed by atoms with Gasteiger partial charge < -0.3 is 15.4 Å². The molecule has 2 aromatic rings. The lowest BCUT2D eigenvalue weighted by molar-refractivity contribution is -0.116. The summed E-state index contributed by atoms with van der Waals surface area (Å²) in [5.74, 6) is -0.881. The van der Waals surface area contributed by atoms with Crippen molar-refractivity contribution in [2.24, 2.45) is 0 Å². The van der Waals surface area contributed by atoms with E-state index in [1.54, 1.807) is 49.6 Å². The standard InChI is InChI=1S/C20H25N3O5S/c1-23(29(26,27)16-9-4-3-5-10-16)15-19(24)22-18-12-7-6-11-17(18)20(25)21-13-8-14-28-2/h3-7,9-12H,8,13-15H2,1-2H3,(H,21,25)(H,22,24). The molecule has 0 aromatic heterocycles. The van der Waals surface area contributed by atoms with E-state index in [4.69, 9.17) is 4.74 Å². The van der Waals surface area contributed by atoms with Crippen molar-refractivity contribution in [2.75, 3.05) is 39.2 Å². The Bertz CT molecular complexity index is 932. The molecule has 0 aliphatic carbocycles. The maximum atomic E-state index is 12.5. The third-order valence-electron chi connectivity index (χ3n) is 4.07. The lowest BCUT2D eigenvalue weighted by Gasteiger charge is -2.17. The summed E-state index contributed by atoms with van der Waals surface area (Å²) in [5.41, 5.74) is 0.610. The lowest BCUT2D eigenvalue weighted by Crippen LogP contribution is -2.35. The van der Waals surface area contributed by atoms with E-state index in [1.807, 2.05) is 0 Å². The van der Waals surface area contributed by atoms with Crippen LogP contribution in [0.15, 0.2) is 59.5 Å². The molecule has 0 heterocycles. The molecular formula is C20H25N3O5S. The van der Waals surface area contributed by atoms with Crippen molar-refractivity contribution in [3.05, 3.63) is 60.2 Å². The van der Waals surface area contributed by atoms with Gasteiger partial charge >= 0.3 is 0 Å². The second-order valence-corrected chi connectivity index (χ2v) is 8.32. The minimum absolute atomic E-state index is 0.103. The van der Waals surface area contributed by atoms with Gasteiger partial charge in [0.25, 0.3) is 5.91 Å². The highest BCUT2D eigenvalue weighted by Gasteiger charge is 2.23. The zero-order chi connectivity index (χ0) is 21.3. The summed E-state index contributed by atoms with van der Waals surface area (Å²) < 4.78 is 31.0. The molecule has 0 aliphatic heterocycles. The van der Waals surface area contributed by atoms with Crippen LogP contribution in [0, 0.1) is 0 Å². The average Bonchev–Trinajstić information content (AvgIpc) is 2.72. The van der Waals surface area contributed by atoms with Crippen LogP contribution in [0.5, 0.6) is 0 Å². The van der Waals surface area contributed by atoms with Crippen LogP contribution in [0.1, 0.15) is 16.8 Å². The Kier molecular flexibility index (Phi) is 8.32. The zero-order valence-electron chi connectivity index (χ0n) is 16.4. The molecule has 0 spiro atoms. The summed E-state index contributed by atoms with van der Waals surface area (Å²) in [6.45, 7) is 0.578. The van der Waals surface area contributed by atoms with Gasteiger partial charge in [0.15, 0.2) is 0 Å². The smallest absolute Gasteiger partial charge is 0.253 e. The van der Waals surface area contributed by atoms with E-state index in [-0.39, 0.29) is 17.3 Å². The van der Waals surface area contributed by atoms with Crippen molar-refractivity contribution in [1.82, 2.24) is 9.62 Å². The Hall–Kier alpha value is -2.75. The summed E-state index contributed by atoms with van der Waals surface area (Å²) in [5, 5.41) is 5.37. The van der Waals surface area contributed by atoms with Crippen LogP contribution >= 0.6 is 0 Å². The van der Waals surface area contributed by atoms with Gasteiger partial charge in [-0.05, 0) is 30.7 Å². The van der Waals surface area contributed by atoms with Gasteiger partial charge in [-0.15, -0.1) is 0 Å². The Morgan fingerprint density at radius 2 is 1.69 bits per heavy atom. The number of hydrogen-bond acceptors (Lipinski definition) is 5. The first-order chi connectivity index (χ1) is 13.9. The number of nitrogens with one attached hydrogen (secondary N) is 2. The fourth-order valence-corrected chi connectivity index (χ4v) is 3.70. The molecule has 2 aromatic carbocycles. The number of ether oxygens (including phenoxy) is 1. The van der Waals surface area contributed by atoms with Gasteiger partial charge in [0.1, 0.15) is 0 Å². The predicted molar refractivity (Wildman–Crippen MR) is 110 cm³/mol. The van der Waals surface area contributed by atoms with E-state index in [9.17, 15) is 18.0 Å². The zero-order valence-corrected chi connectivity index (χ0v) is 17.2. The SMILES string of the molecule is COCCCNC(=O)c1ccccc1NC(=O)CN(C)S(=O)(=O)c1ccccc1. The van der Waals surface area contributed by atoms with Crippen LogP contribution in [0.2, 0.25) is 0 Å². The van der Waals surface area contributed by atoms with Crippen molar-refractivity contribution in [3.63, 3.8) is 0 Å². The first-order valence-electron chi connectivity index (χ1n) is 9.03. The number of sulfonamides is 1. The Morgan fingerprint density at radius 3 is 2.38 bits per heavy atom. The van der Waals surface area contributed by atoms with Gasteiger partial charge in [-0.25, -0.2) is 8.42 Å². The summed E-state index contributed by atoms with van der Waals surface area (Å²) in [4.78, 5) is 24.9. The van der Waals surface area contributed by atoms with Crippen LogP contribution in [-0.4, -0.2) is 58.4 Å². The van der Waals surface area contributed by atoms with Gasteiger partial charge in [0, 0.05) is 27.3 Å². The number of likely N-dealkylation sites (N-methyl/N-ethyl adjacent to an activating group) is 1. The molecule has 0 atom stereocenters. The first kappa shape index (κ1) is 22.5. The molecule has 2 rings (SSSR count). The number of hydrogen-bond donors (Lipinski definition) is 2. The average molecular weight is 420 g/mol. The summed E-state index contributed by atoms with van der Waals surface area (Å²) in [6.07, 6.45) is 0.666. The fraction of sp³-hybridized carbons (Fsp3) is 0.300. The maximum absolute atomic E-state index is 12.5. The van der Waals surface area contributed by atoms with Crippen molar-refractivity contribution in [2.45, 2.75) is 11.3 Å². The third-order valence-corrected chi connectivity index (χ3v) is 5.89. The summed E-state index contributed by atoms with van der Waals surface area (Å²) in [7, 11) is -0.874. The largest absolute Gasteiger partial charge is 0.385 e. The molecule has 8 nitrogen and oxygen atoms in total. The summed E-state index contributed by atoms with van der Waals surface area (Å²) in [6, 6.07) is 14.4. The van der Waals surface area contributed by atoms with E-state index in [0.717, 1.165) is 4.31 Å².